The highest BCUT2D eigenvalue weighted by Gasteiger charge is 2.16. The van der Waals surface area contributed by atoms with Gasteiger partial charge in [-0.2, -0.15) is 0 Å². The third kappa shape index (κ3) is 3.88. The van der Waals surface area contributed by atoms with Gasteiger partial charge in [0.2, 0.25) is 0 Å². The Hall–Kier alpha value is -2.76. The minimum atomic E-state index is -0.869. The lowest BCUT2D eigenvalue weighted by atomic mass is 10.0. The molecular weight excluding hydrogens is 288 g/mol. The zero-order valence-electron chi connectivity index (χ0n) is 12.7. The minimum absolute atomic E-state index is 0.0211. The number of ketones is 3. The summed E-state index contributed by atoms with van der Waals surface area (Å²) >= 11 is 0. The molecule has 0 saturated heterocycles. The molecule has 1 aromatic rings. The predicted molar refractivity (Wildman–Crippen MR) is 80.0 cm³/mol. The molecule has 0 spiro atoms. The second-order valence-electron chi connectivity index (χ2n) is 4.73. The van der Waals surface area contributed by atoms with Crippen molar-refractivity contribution in [1.82, 2.24) is 0 Å². The SMILES string of the molecule is CC(=O)C(/C=C/c1oc(=O)c(C(C)=O)cc1C(C)=O)=C(\C)O. The molecule has 0 aliphatic heterocycles. The molecule has 0 fully saturated rings. The van der Waals surface area contributed by atoms with Gasteiger partial charge < -0.3 is 9.52 Å². The summed E-state index contributed by atoms with van der Waals surface area (Å²) in [6.45, 7) is 5.05. The van der Waals surface area contributed by atoms with Crippen molar-refractivity contribution in [2.75, 3.05) is 0 Å². The fraction of sp³-hybridized carbons (Fsp3) is 0.250. The van der Waals surface area contributed by atoms with Gasteiger partial charge in [-0.15, -0.1) is 0 Å². The summed E-state index contributed by atoms with van der Waals surface area (Å²) in [5.41, 5.74) is -1.03. The van der Waals surface area contributed by atoms with Gasteiger partial charge in [0, 0.05) is 0 Å². The molecule has 0 aromatic carbocycles. The quantitative estimate of drug-likeness (QED) is 0.388. The van der Waals surface area contributed by atoms with E-state index in [1.54, 1.807) is 0 Å². The fourth-order valence-electron chi connectivity index (χ4n) is 1.78. The lowest BCUT2D eigenvalue weighted by molar-refractivity contribution is -0.113. The summed E-state index contributed by atoms with van der Waals surface area (Å²) in [6.07, 6.45) is 2.48. The molecule has 116 valence electrons. The maximum atomic E-state index is 11.7. The van der Waals surface area contributed by atoms with Gasteiger partial charge in [-0.3, -0.25) is 14.4 Å². The first-order valence-corrected chi connectivity index (χ1v) is 6.44. The van der Waals surface area contributed by atoms with Crippen LogP contribution in [-0.2, 0) is 4.79 Å². The van der Waals surface area contributed by atoms with Crippen LogP contribution in [0.15, 0.2) is 32.7 Å². The molecule has 1 rings (SSSR count). The average molecular weight is 304 g/mol. The lowest BCUT2D eigenvalue weighted by Crippen LogP contribution is -2.15. The predicted octanol–water partition coefficient (Wildman–Crippen LogP) is 2.48. The van der Waals surface area contributed by atoms with Crippen molar-refractivity contribution in [3.8, 4) is 0 Å². The fourth-order valence-corrected chi connectivity index (χ4v) is 1.78. The second kappa shape index (κ2) is 6.80. The average Bonchev–Trinajstić information content (AvgIpc) is 2.37. The van der Waals surface area contributed by atoms with Crippen LogP contribution in [0.25, 0.3) is 6.08 Å². The first-order chi connectivity index (χ1) is 10.1. The third-order valence-corrected chi connectivity index (χ3v) is 2.91. The van der Waals surface area contributed by atoms with Gasteiger partial charge >= 0.3 is 5.63 Å². The molecule has 6 heteroatoms. The normalized spacial score (nSPS) is 12.2. The molecule has 0 aliphatic carbocycles. The van der Waals surface area contributed by atoms with E-state index < -0.39 is 17.2 Å². The Labute approximate surface area is 126 Å². The Morgan fingerprint density at radius 3 is 2.00 bits per heavy atom. The Balaban J connectivity index is 3.49. The standard InChI is InChI=1S/C16H16O6/c1-8(17)12(9(2)18)5-6-15-13(10(3)19)7-14(11(4)20)16(21)22-15/h5-7,17H,1-4H3/b6-5+,12-8+. The van der Waals surface area contributed by atoms with E-state index in [0.717, 1.165) is 0 Å². The summed E-state index contributed by atoms with van der Waals surface area (Å²) in [5.74, 6) is -1.58. The highest BCUT2D eigenvalue weighted by molar-refractivity contribution is 6.01. The number of carbonyl (C=O) groups is 3. The molecule has 0 radical (unpaired) electrons. The van der Waals surface area contributed by atoms with E-state index in [1.165, 1.54) is 45.9 Å². The van der Waals surface area contributed by atoms with E-state index in [2.05, 4.69) is 0 Å². The molecule has 0 saturated carbocycles. The van der Waals surface area contributed by atoms with Crippen molar-refractivity contribution in [2.24, 2.45) is 0 Å². The van der Waals surface area contributed by atoms with Crippen LogP contribution in [0.1, 0.15) is 54.2 Å². The molecular formula is C16H16O6. The maximum absolute atomic E-state index is 11.7. The van der Waals surface area contributed by atoms with Gasteiger partial charge in [-0.1, -0.05) is 0 Å². The maximum Gasteiger partial charge on any atom is 0.347 e. The van der Waals surface area contributed by atoms with Crippen LogP contribution < -0.4 is 5.63 Å². The van der Waals surface area contributed by atoms with Crippen LogP contribution in [0.5, 0.6) is 0 Å². The number of allylic oxidation sites excluding steroid dienone is 3. The van der Waals surface area contributed by atoms with Crippen molar-refractivity contribution < 1.29 is 23.9 Å². The molecule has 0 aliphatic rings. The number of rotatable bonds is 5. The number of aliphatic hydroxyl groups is 1. The largest absolute Gasteiger partial charge is 0.512 e. The van der Waals surface area contributed by atoms with Crippen LogP contribution in [0.4, 0.5) is 0 Å². The van der Waals surface area contributed by atoms with Crippen molar-refractivity contribution in [2.45, 2.75) is 27.7 Å². The van der Waals surface area contributed by atoms with Gasteiger partial charge in [0.15, 0.2) is 17.3 Å². The van der Waals surface area contributed by atoms with E-state index >= 15 is 0 Å². The number of carbonyl (C=O) groups excluding carboxylic acids is 3. The summed E-state index contributed by atoms with van der Waals surface area (Å²) < 4.78 is 4.97. The van der Waals surface area contributed by atoms with E-state index in [0.29, 0.717) is 0 Å². The van der Waals surface area contributed by atoms with Crippen molar-refractivity contribution in [3.05, 3.63) is 50.8 Å². The second-order valence-corrected chi connectivity index (χ2v) is 4.73. The zero-order chi connectivity index (χ0) is 17.0. The van der Waals surface area contributed by atoms with E-state index in [1.807, 2.05) is 0 Å². The molecule has 6 nitrogen and oxygen atoms in total. The summed E-state index contributed by atoms with van der Waals surface area (Å²) in [6, 6.07) is 1.17. The zero-order valence-corrected chi connectivity index (χ0v) is 12.7. The molecule has 22 heavy (non-hydrogen) atoms. The lowest BCUT2D eigenvalue weighted by Gasteiger charge is -2.03. The van der Waals surface area contributed by atoms with Crippen molar-refractivity contribution in [3.63, 3.8) is 0 Å². The number of hydrogen-bond donors (Lipinski definition) is 1. The van der Waals surface area contributed by atoms with Crippen molar-refractivity contribution >= 4 is 23.4 Å². The molecule has 1 aromatic heterocycles. The monoisotopic (exact) mass is 304 g/mol. The highest BCUT2D eigenvalue weighted by Crippen LogP contribution is 2.15. The van der Waals surface area contributed by atoms with Crippen LogP contribution in [0, 0.1) is 0 Å². The third-order valence-electron chi connectivity index (χ3n) is 2.91. The van der Waals surface area contributed by atoms with Gasteiger partial charge in [-0.25, -0.2) is 4.79 Å². The minimum Gasteiger partial charge on any atom is -0.512 e. The van der Waals surface area contributed by atoms with Crippen LogP contribution in [0.3, 0.4) is 0 Å². The smallest absolute Gasteiger partial charge is 0.347 e. The molecule has 1 heterocycles. The van der Waals surface area contributed by atoms with Gasteiger partial charge in [0.1, 0.15) is 11.3 Å². The van der Waals surface area contributed by atoms with E-state index in [-0.39, 0.29) is 34.0 Å². The molecule has 0 atom stereocenters. The van der Waals surface area contributed by atoms with Gasteiger partial charge in [0.25, 0.3) is 0 Å². The first kappa shape index (κ1) is 17.3. The van der Waals surface area contributed by atoms with Gasteiger partial charge in [0.05, 0.1) is 16.9 Å². The van der Waals surface area contributed by atoms with Crippen molar-refractivity contribution in [1.29, 1.82) is 0 Å². The van der Waals surface area contributed by atoms with E-state index in [9.17, 15) is 24.3 Å². The van der Waals surface area contributed by atoms with E-state index in [4.69, 9.17) is 4.42 Å². The summed E-state index contributed by atoms with van der Waals surface area (Å²) in [7, 11) is 0. The van der Waals surface area contributed by atoms with Crippen LogP contribution in [-0.4, -0.2) is 22.5 Å². The summed E-state index contributed by atoms with van der Waals surface area (Å²) in [5, 5.41) is 9.41. The molecule has 0 bridgehead atoms. The van der Waals surface area contributed by atoms with Crippen LogP contribution in [0.2, 0.25) is 0 Å². The first-order valence-electron chi connectivity index (χ1n) is 6.44. The number of Topliss-reactive ketones (excluding diaryl/α,β-unsaturated/α-hetero) is 3. The number of hydrogen-bond acceptors (Lipinski definition) is 6. The summed E-state index contributed by atoms with van der Waals surface area (Å²) in [4.78, 5) is 46.0. The Kier molecular flexibility index (Phi) is 5.34. The number of aliphatic hydroxyl groups excluding tert-OH is 1. The molecule has 0 amide bonds. The van der Waals surface area contributed by atoms with Gasteiger partial charge in [-0.05, 0) is 45.9 Å². The highest BCUT2D eigenvalue weighted by atomic mass is 16.4. The van der Waals surface area contributed by atoms with Crippen LogP contribution >= 0.6 is 0 Å². The topological polar surface area (TPSA) is 102 Å². The molecule has 1 N–H and O–H groups in total. The molecule has 0 unspecified atom stereocenters. The Bertz CT molecular complexity index is 757. The Morgan fingerprint density at radius 2 is 1.59 bits per heavy atom. The Morgan fingerprint density at radius 1 is 1.05 bits per heavy atom.